The molecule has 1 heterocycles. The van der Waals surface area contributed by atoms with Crippen LogP contribution in [0.4, 0.5) is 5.69 Å². The Labute approximate surface area is 141 Å². The Morgan fingerprint density at radius 3 is 2.87 bits per heavy atom. The van der Waals surface area contributed by atoms with Gasteiger partial charge < -0.3 is 9.64 Å². The third kappa shape index (κ3) is 3.50. The summed E-state index contributed by atoms with van der Waals surface area (Å²) >= 11 is 5.99. The summed E-state index contributed by atoms with van der Waals surface area (Å²) in [6, 6.07) is 15.3. The van der Waals surface area contributed by atoms with E-state index in [2.05, 4.69) is 6.07 Å². The van der Waals surface area contributed by atoms with E-state index in [9.17, 15) is 4.79 Å². The zero-order valence-corrected chi connectivity index (χ0v) is 13.9. The predicted molar refractivity (Wildman–Crippen MR) is 93.3 cm³/mol. The van der Waals surface area contributed by atoms with E-state index in [-0.39, 0.29) is 5.91 Å². The fourth-order valence-corrected chi connectivity index (χ4v) is 3.13. The van der Waals surface area contributed by atoms with E-state index in [1.807, 2.05) is 42.2 Å². The fraction of sp³-hybridized carbons (Fsp3) is 0.316. The van der Waals surface area contributed by atoms with Gasteiger partial charge in [0.2, 0.25) is 0 Å². The molecule has 0 N–H and O–H groups in total. The summed E-state index contributed by atoms with van der Waals surface area (Å²) in [6.45, 7) is 2.70. The third-order valence-corrected chi connectivity index (χ3v) is 4.33. The minimum Gasteiger partial charge on any atom is -0.481 e. The van der Waals surface area contributed by atoms with Crippen LogP contribution in [0.15, 0.2) is 48.5 Å². The van der Waals surface area contributed by atoms with Gasteiger partial charge in [-0.15, -0.1) is 0 Å². The number of aryl methyl sites for hydroxylation is 1. The molecule has 4 heteroatoms. The lowest BCUT2D eigenvalue weighted by Gasteiger charge is -2.32. The molecular formula is C19H20ClNO2. The molecule has 120 valence electrons. The second-order valence-corrected chi connectivity index (χ2v) is 6.13. The fourth-order valence-electron chi connectivity index (χ4n) is 2.95. The van der Waals surface area contributed by atoms with Crippen molar-refractivity contribution in [1.82, 2.24) is 0 Å². The number of amides is 1. The van der Waals surface area contributed by atoms with E-state index < -0.39 is 6.10 Å². The molecule has 3 nitrogen and oxygen atoms in total. The molecule has 0 saturated heterocycles. The summed E-state index contributed by atoms with van der Waals surface area (Å²) in [4.78, 5) is 14.8. The van der Waals surface area contributed by atoms with Crippen molar-refractivity contribution in [1.29, 1.82) is 0 Å². The molecule has 2 aromatic rings. The highest BCUT2D eigenvalue weighted by Gasteiger charge is 2.28. The quantitative estimate of drug-likeness (QED) is 0.827. The summed E-state index contributed by atoms with van der Waals surface area (Å²) in [6.07, 6.45) is 2.12. The second kappa shape index (κ2) is 7.05. The van der Waals surface area contributed by atoms with Gasteiger partial charge in [0.05, 0.1) is 0 Å². The summed E-state index contributed by atoms with van der Waals surface area (Å²) in [5.74, 6) is 0.641. The van der Waals surface area contributed by atoms with Crippen LogP contribution in [0, 0.1) is 0 Å². The lowest BCUT2D eigenvalue weighted by molar-refractivity contribution is -0.125. The number of rotatable bonds is 4. The molecule has 0 saturated carbocycles. The second-order valence-electron chi connectivity index (χ2n) is 5.69. The van der Waals surface area contributed by atoms with E-state index >= 15 is 0 Å². The standard InChI is InChI=1S/C19H20ClNO2/c1-2-18(23-16-10-5-9-15(20)13-16)19(22)21-12-6-8-14-7-3-4-11-17(14)21/h3-5,7,9-11,13,18H,2,6,8,12H2,1H3/t18-/m0/s1. The van der Waals surface area contributed by atoms with Gasteiger partial charge in [-0.3, -0.25) is 4.79 Å². The van der Waals surface area contributed by atoms with Crippen LogP contribution >= 0.6 is 11.6 Å². The minimum absolute atomic E-state index is 0.0135. The molecule has 0 fully saturated rings. The maximum absolute atomic E-state index is 12.9. The van der Waals surface area contributed by atoms with E-state index in [0.29, 0.717) is 17.2 Å². The van der Waals surface area contributed by atoms with Gasteiger partial charge in [0.1, 0.15) is 5.75 Å². The molecule has 0 spiro atoms. The Balaban J connectivity index is 1.81. The molecule has 3 rings (SSSR count). The number of ether oxygens (including phenoxy) is 1. The number of benzene rings is 2. The normalized spacial score (nSPS) is 15.0. The number of fused-ring (bicyclic) bond motifs is 1. The Morgan fingerprint density at radius 1 is 1.26 bits per heavy atom. The van der Waals surface area contributed by atoms with Crippen LogP contribution in [-0.4, -0.2) is 18.6 Å². The molecule has 0 bridgehead atoms. The highest BCUT2D eigenvalue weighted by molar-refractivity contribution is 6.30. The van der Waals surface area contributed by atoms with Gasteiger partial charge in [-0.05, 0) is 49.1 Å². The van der Waals surface area contributed by atoms with Crippen LogP contribution in [0.3, 0.4) is 0 Å². The summed E-state index contributed by atoms with van der Waals surface area (Å²) in [7, 11) is 0. The molecule has 2 aromatic carbocycles. The van der Waals surface area contributed by atoms with Gasteiger partial charge in [-0.1, -0.05) is 42.8 Å². The molecule has 1 atom stereocenters. The van der Waals surface area contributed by atoms with E-state index in [1.54, 1.807) is 12.1 Å². The monoisotopic (exact) mass is 329 g/mol. The van der Waals surface area contributed by atoms with Gasteiger partial charge in [-0.2, -0.15) is 0 Å². The van der Waals surface area contributed by atoms with Gasteiger partial charge in [0.15, 0.2) is 6.10 Å². The number of carbonyl (C=O) groups excluding carboxylic acids is 1. The number of para-hydroxylation sites is 1. The Morgan fingerprint density at radius 2 is 2.09 bits per heavy atom. The lowest BCUT2D eigenvalue weighted by atomic mass is 10.0. The van der Waals surface area contributed by atoms with Crippen LogP contribution in [-0.2, 0) is 11.2 Å². The van der Waals surface area contributed by atoms with Crippen LogP contribution in [0.1, 0.15) is 25.3 Å². The first kappa shape index (κ1) is 15.9. The van der Waals surface area contributed by atoms with Crippen molar-refractivity contribution in [2.45, 2.75) is 32.3 Å². The van der Waals surface area contributed by atoms with E-state index in [1.165, 1.54) is 5.56 Å². The molecule has 1 amide bonds. The molecule has 23 heavy (non-hydrogen) atoms. The minimum atomic E-state index is -0.500. The zero-order chi connectivity index (χ0) is 16.2. The maximum Gasteiger partial charge on any atom is 0.268 e. The number of nitrogens with zero attached hydrogens (tertiary/aromatic N) is 1. The van der Waals surface area contributed by atoms with Gasteiger partial charge >= 0.3 is 0 Å². The van der Waals surface area contributed by atoms with Crippen molar-refractivity contribution >= 4 is 23.2 Å². The van der Waals surface area contributed by atoms with Crippen molar-refractivity contribution in [2.75, 3.05) is 11.4 Å². The van der Waals surface area contributed by atoms with Crippen molar-refractivity contribution in [3.63, 3.8) is 0 Å². The smallest absolute Gasteiger partial charge is 0.268 e. The molecular weight excluding hydrogens is 310 g/mol. The van der Waals surface area contributed by atoms with Crippen molar-refractivity contribution in [2.24, 2.45) is 0 Å². The highest BCUT2D eigenvalue weighted by atomic mass is 35.5. The number of hydrogen-bond donors (Lipinski definition) is 0. The van der Waals surface area contributed by atoms with Crippen LogP contribution in [0.5, 0.6) is 5.75 Å². The zero-order valence-electron chi connectivity index (χ0n) is 13.2. The number of hydrogen-bond acceptors (Lipinski definition) is 2. The largest absolute Gasteiger partial charge is 0.481 e. The Kier molecular flexibility index (Phi) is 4.87. The van der Waals surface area contributed by atoms with Crippen molar-refractivity contribution in [3.8, 4) is 5.75 Å². The van der Waals surface area contributed by atoms with Crippen LogP contribution < -0.4 is 9.64 Å². The Bertz CT molecular complexity index is 701. The van der Waals surface area contributed by atoms with Crippen LogP contribution in [0.2, 0.25) is 5.02 Å². The SMILES string of the molecule is CC[C@H](Oc1cccc(Cl)c1)C(=O)N1CCCc2ccccc21. The van der Waals surface area contributed by atoms with E-state index in [0.717, 1.165) is 25.1 Å². The van der Waals surface area contributed by atoms with Gasteiger partial charge in [0.25, 0.3) is 5.91 Å². The predicted octanol–water partition coefficient (Wildman–Crippen LogP) is 4.48. The highest BCUT2D eigenvalue weighted by Crippen LogP contribution is 2.28. The van der Waals surface area contributed by atoms with E-state index in [4.69, 9.17) is 16.3 Å². The van der Waals surface area contributed by atoms with Gasteiger partial charge in [0, 0.05) is 17.3 Å². The third-order valence-electron chi connectivity index (χ3n) is 4.10. The van der Waals surface area contributed by atoms with Crippen molar-refractivity contribution in [3.05, 3.63) is 59.1 Å². The summed E-state index contributed by atoms with van der Waals surface area (Å²) < 4.78 is 5.90. The number of anilines is 1. The van der Waals surface area contributed by atoms with Crippen molar-refractivity contribution < 1.29 is 9.53 Å². The maximum atomic E-state index is 12.9. The Hall–Kier alpha value is -2.00. The van der Waals surface area contributed by atoms with Crippen LogP contribution in [0.25, 0.3) is 0 Å². The molecule has 0 radical (unpaired) electrons. The first-order chi connectivity index (χ1) is 11.2. The molecule has 1 aliphatic rings. The summed E-state index contributed by atoms with van der Waals surface area (Å²) in [5, 5.41) is 0.605. The molecule has 0 aliphatic carbocycles. The average Bonchev–Trinajstić information content (AvgIpc) is 2.58. The first-order valence-corrected chi connectivity index (χ1v) is 8.38. The molecule has 0 unspecified atom stereocenters. The average molecular weight is 330 g/mol. The first-order valence-electron chi connectivity index (χ1n) is 8.00. The van der Waals surface area contributed by atoms with Gasteiger partial charge in [-0.25, -0.2) is 0 Å². The summed E-state index contributed by atoms with van der Waals surface area (Å²) in [5.41, 5.74) is 2.24. The number of carbonyl (C=O) groups is 1. The number of halogens is 1. The topological polar surface area (TPSA) is 29.5 Å². The lowest BCUT2D eigenvalue weighted by Crippen LogP contribution is -2.44. The molecule has 1 aliphatic heterocycles. The molecule has 0 aromatic heterocycles.